The van der Waals surface area contributed by atoms with E-state index in [0.717, 1.165) is 0 Å². The Morgan fingerprint density at radius 1 is 0.545 bits per heavy atom. The minimum absolute atomic E-state index is 0. The second kappa shape index (κ2) is 13.3. The molecule has 0 bridgehead atoms. The van der Waals surface area contributed by atoms with Crippen LogP contribution in [0.25, 0.3) is 0 Å². The van der Waals surface area contributed by atoms with Gasteiger partial charge in [0.05, 0.1) is 0 Å². The summed E-state index contributed by atoms with van der Waals surface area (Å²) in [6, 6.07) is 0. The van der Waals surface area contributed by atoms with Crippen LogP contribution >= 0.6 is 0 Å². The fourth-order valence-electron chi connectivity index (χ4n) is 0.856. The Hall–Kier alpha value is 0.722. The van der Waals surface area contributed by atoms with E-state index in [-0.39, 0.29) is 45.2 Å². The summed E-state index contributed by atoms with van der Waals surface area (Å²) in [5.41, 5.74) is 0. The largest absolute Gasteiger partial charge is 2.00 e. The molecule has 0 heterocycles. The van der Waals surface area contributed by atoms with Crippen LogP contribution < -0.4 is 24.8 Å². The first kappa shape index (κ1) is 17.7. The third-order valence-corrected chi connectivity index (χ3v) is 1.33. The van der Waals surface area contributed by atoms with Gasteiger partial charge in [0.1, 0.15) is 0 Å². The fourth-order valence-corrected chi connectivity index (χ4v) is 0.856. The summed E-state index contributed by atoms with van der Waals surface area (Å²) >= 11 is 0. The minimum atomic E-state index is 0. The molecular weight excluding hydrogens is 273 g/mol. The van der Waals surface area contributed by atoms with Crippen molar-refractivity contribution in [1.29, 1.82) is 0 Å². The molecule has 0 aromatic rings. The zero-order chi connectivity index (χ0) is 5.66. The first-order valence-electron chi connectivity index (χ1n) is 3.30. The number of allylic oxidation sites excluding steroid dienone is 4. The maximum absolute atomic E-state index is 2.27. The van der Waals surface area contributed by atoms with E-state index in [9.17, 15) is 0 Å². The summed E-state index contributed by atoms with van der Waals surface area (Å²) < 4.78 is 0. The van der Waals surface area contributed by atoms with Gasteiger partial charge in [-0.15, -0.1) is 0 Å². The van der Waals surface area contributed by atoms with Crippen LogP contribution in [0.1, 0.15) is 25.7 Å². The predicted molar refractivity (Wildman–Crippen MR) is 36.7 cm³/mol. The van der Waals surface area contributed by atoms with Crippen LogP contribution in [0.2, 0.25) is 0 Å². The third kappa shape index (κ3) is 10.7. The van der Waals surface area contributed by atoms with Crippen molar-refractivity contribution >= 4 is 0 Å². The van der Waals surface area contributed by atoms with E-state index in [4.69, 9.17) is 0 Å². The number of hydrogen-bond donors (Lipinski definition) is 0. The average Bonchev–Trinajstić information content (AvgIpc) is 1.62. The Balaban J connectivity index is -0.000000213. The number of halogens is 2. The SMILES string of the molecule is C1=C\CC/C=C\CC/1.[Cl-].[Cl-].[Pd+2]. The van der Waals surface area contributed by atoms with Crippen LogP contribution in [-0.2, 0) is 20.4 Å². The maximum atomic E-state index is 2.27. The summed E-state index contributed by atoms with van der Waals surface area (Å²) in [6.45, 7) is 0. The summed E-state index contributed by atoms with van der Waals surface area (Å²) in [5, 5.41) is 0. The van der Waals surface area contributed by atoms with Gasteiger partial charge in [-0.2, -0.15) is 0 Å². The molecule has 1 aliphatic carbocycles. The molecular formula is C8H12Cl2Pd. The summed E-state index contributed by atoms with van der Waals surface area (Å²) in [5.74, 6) is 0. The van der Waals surface area contributed by atoms with Crippen molar-refractivity contribution in [3.8, 4) is 0 Å². The molecule has 11 heavy (non-hydrogen) atoms. The quantitative estimate of drug-likeness (QED) is 0.323. The van der Waals surface area contributed by atoms with Gasteiger partial charge in [0, 0.05) is 0 Å². The van der Waals surface area contributed by atoms with E-state index >= 15 is 0 Å². The summed E-state index contributed by atoms with van der Waals surface area (Å²) in [4.78, 5) is 0. The van der Waals surface area contributed by atoms with E-state index in [1.165, 1.54) is 25.7 Å². The van der Waals surface area contributed by atoms with E-state index in [0.29, 0.717) is 0 Å². The maximum Gasteiger partial charge on any atom is 2.00 e. The smallest absolute Gasteiger partial charge is 1.00 e. The second-order valence-electron chi connectivity index (χ2n) is 2.10. The fraction of sp³-hybridized carbons (Fsp3) is 0.500. The molecule has 0 atom stereocenters. The van der Waals surface area contributed by atoms with Gasteiger partial charge in [-0.1, -0.05) is 24.3 Å². The number of rotatable bonds is 0. The van der Waals surface area contributed by atoms with Crippen LogP contribution in [0.15, 0.2) is 24.3 Å². The van der Waals surface area contributed by atoms with Crippen molar-refractivity contribution < 1.29 is 45.2 Å². The molecule has 1 rings (SSSR count). The van der Waals surface area contributed by atoms with Crippen LogP contribution in [-0.4, -0.2) is 0 Å². The van der Waals surface area contributed by atoms with Gasteiger partial charge in [-0.05, 0) is 25.7 Å². The van der Waals surface area contributed by atoms with Gasteiger partial charge in [-0.25, -0.2) is 0 Å². The molecule has 0 aromatic heterocycles. The molecule has 0 aromatic carbocycles. The van der Waals surface area contributed by atoms with Crippen LogP contribution in [0.5, 0.6) is 0 Å². The van der Waals surface area contributed by atoms with Crippen LogP contribution in [0.3, 0.4) is 0 Å². The molecule has 0 amide bonds. The molecule has 0 N–H and O–H groups in total. The number of hydrogen-bond acceptors (Lipinski definition) is 0. The van der Waals surface area contributed by atoms with Crippen molar-refractivity contribution in [3.05, 3.63) is 24.3 Å². The molecule has 0 saturated heterocycles. The monoisotopic (exact) mass is 284 g/mol. The van der Waals surface area contributed by atoms with Crippen molar-refractivity contribution in [1.82, 2.24) is 0 Å². The normalized spacial score (nSPS) is 20.4. The van der Waals surface area contributed by atoms with Gasteiger partial charge < -0.3 is 24.8 Å². The van der Waals surface area contributed by atoms with Gasteiger partial charge in [0.25, 0.3) is 0 Å². The van der Waals surface area contributed by atoms with Crippen LogP contribution in [0.4, 0.5) is 0 Å². The van der Waals surface area contributed by atoms with Crippen molar-refractivity contribution in [2.75, 3.05) is 0 Å². The third-order valence-electron chi connectivity index (χ3n) is 1.33. The van der Waals surface area contributed by atoms with Crippen molar-refractivity contribution in [3.63, 3.8) is 0 Å². The van der Waals surface area contributed by atoms with E-state index in [2.05, 4.69) is 24.3 Å². The first-order chi connectivity index (χ1) is 4.00. The zero-order valence-electron chi connectivity index (χ0n) is 6.21. The van der Waals surface area contributed by atoms with E-state index in [1.54, 1.807) is 0 Å². The van der Waals surface area contributed by atoms with Crippen molar-refractivity contribution in [2.24, 2.45) is 0 Å². The Labute approximate surface area is 95.0 Å². The second-order valence-corrected chi connectivity index (χ2v) is 2.10. The Morgan fingerprint density at radius 3 is 0.909 bits per heavy atom. The molecule has 1 aliphatic rings. The molecule has 0 unspecified atom stereocenters. The van der Waals surface area contributed by atoms with Gasteiger partial charge in [0.2, 0.25) is 0 Å². The Morgan fingerprint density at radius 2 is 0.727 bits per heavy atom. The van der Waals surface area contributed by atoms with Crippen LogP contribution in [0, 0.1) is 0 Å². The van der Waals surface area contributed by atoms with Gasteiger partial charge >= 0.3 is 20.4 Å². The topological polar surface area (TPSA) is 0 Å². The van der Waals surface area contributed by atoms with Gasteiger partial charge in [-0.3, -0.25) is 0 Å². The summed E-state index contributed by atoms with van der Waals surface area (Å²) in [7, 11) is 0. The standard InChI is InChI=1S/C8H12.2ClH.Pd/c1-2-4-6-8-7-5-3-1;;;/h1-2,7-8H,3-6H2;2*1H;/q;;;+2/p-2/b2-1-,8-7-;;;. The van der Waals surface area contributed by atoms with Gasteiger partial charge in [0.15, 0.2) is 0 Å². The molecule has 0 nitrogen and oxygen atoms in total. The minimum Gasteiger partial charge on any atom is -1.00 e. The molecule has 0 radical (unpaired) electrons. The predicted octanol–water partition coefficient (Wildman–Crippen LogP) is -3.32. The molecule has 3 heteroatoms. The zero-order valence-corrected chi connectivity index (χ0v) is 9.28. The molecule has 0 aliphatic heterocycles. The molecule has 0 fully saturated rings. The van der Waals surface area contributed by atoms with E-state index in [1.807, 2.05) is 0 Å². The first-order valence-corrected chi connectivity index (χ1v) is 3.30. The Kier molecular flexibility index (Phi) is 21.5. The molecule has 68 valence electrons. The molecule has 0 spiro atoms. The molecule has 0 saturated carbocycles. The van der Waals surface area contributed by atoms with E-state index < -0.39 is 0 Å². The average molecular weight is 286 g/mol. The van der Waals surface area contributed by atoms with Crippen molar-refractivity contribution in [2.45, 2.75) is 25.7 Å². The Bertz CT molecular complexity index is 84.7. The summed E-state index contributed by atoms with van der Waals surface area (Å²) in [6.07, 6.45) is 14.0.